The van der Waals surface area contributed by atoms with E-state index in [0.717, 1.165) is 17.2 Å². The maximum atomic E-state index is 12.6. The zero-order valence-corrected chi connectivity index (χ0v) is 15.2. The summed E-state index contributed by atoms with van der Waals surface area (Å²) < 4.78 is 6.99. The van der Waals surface area contributed by atoms with E-state index >= 15 is 0 Å². The lowest BCUT2D eigenvalue weighted by Gasteiger charge is -2.11. The minimum Gasteiger partial charge on any atom is -0.436 e. The number of imide groups is 1. The molecule has 0 aliphatic carbocycles. The molecule has 3 heterocycles. The normalized spacial score (nSPS) is 13.0. The largest absolute Gasteiger partial charge is 0.436 e. The topological polar surface area (TPSA) is 120 Å². The van der Waals surface area contributed by atoms with Crippen molar-refractivity contribution in [2.24, 2.45) is 0 Å². The van der Waals surface area contributed by atoms with E-state index in [-0.39, 0.29) is 16.9 Å². The number of hydrogen-bond donors (Lipinski definition) is 2. The van der Waals surface area contributed by atoms with Crippen LogP contribution in [0.4, 0.5) is 5.82 Å². The highest BCUT2D eigenvalue weighted by Crippen LogP contribution is 2.28. The van der Waals surface area contributed by atoms with Crippen LogP contribution < -0.4 is 16.6 Å². The number of aromatic nitrogens is 2. The second-order valence-electron chi connectivity index (χ2n) is 6.81. The van der Waals surface area contributed by atoms with Gasteiger partial charge in [0.25, 0.3) is 17.4 Å². The summed E-state index contributed by atoms with van der Waals surface area (Å²) in [5.41, 5.74) is 8.99. The van der Waals surface area contributed by atoms with E-state index in [9.17, 15) is 14.4 Å². The molecule has 3 N–H and O–H groups in total. The number of carbonyl (C=O) groups is 2. The summed E-state index contributed by atoms with van der Waals surface area (Å²) in [6.45, 7) is 1.99. The molecule has 0 saturated carbocycles. The minimum atomic E-state index is -0.629. The predicted octanol–water partition coefficient (Wildman–Crippen LogP) is 2.42. The Morgan fingerprint density at radius 1 is 1.00 bits per heavy atom. The highest BCUT2D eigenvalue weighted by atomic mass is 16.3. The predicted molar refractivity (Wildman–Crippen MR) is 106 cm³/mol. The van der Waals surface area contributed by atoms with Gasteiger partial charge in [0.1, 0.15) is 11.3 Å². The van der Waals surface area contributed by atoms with E-state index < -0.39 is 17.4 Å². The number of aryl methyl sites for hydroxylation is 1. The van der Waals surface area contributed by atoms with E-state index in [1.54, 1.807) is 18.2 Å². The quantitative estimate of drug-likeness (QED) is 0.511. The van der Waals surface area contributed by atoms with Gasteiger partial charge in [-0.3, -0.25) is 24.3 Å². The Hall–Kier alpha value is -4.20. The van der Waals surface area contributed by atoms with Crippen LogP contribution in [0.15, 0.2) is 57.7 Å². The average Bonchev–Trinajstić information content (AvgIpc) is 3.23. The summed E-state index contributed by atoms with van der Waals surface area (Å²) in [4.78, 5) is 40.9. The first-order valence-corrected chi connectivity index (χ1v) is 8.81. The van der Waals surface area contributed by atoms with Crippen molar-refractivity contribution in [3.05, 3.63) is 75.6 Å². The van der Waals surface area contributed by atoms with Crippen LogP contribution in [0.2, 0.25) is 0 Å². The first-order chi connectivity index (χ1) is 13.9. The van der Waals surface area contributed by atoms with Crippen molar-refractivity contribution in [2.45, 2.75) is 6.92 Å². The van der Waals surface area contributed by atoms with Gasteiger partial charge in [-0.05, 0) is 37.3 Å². The molecule has 2 aromatic heterocycles. The van der Waals surface area contributed by atoms with E-state index in [1.165, 1.54) is 4.57 Å². The van der Waals surface area contributed by atoms with Crippen LogP contribution in [0, 0.1) is 6.92 Å². The van der Waals surface area contributed by atoms with Crippen LogP contribution in [0.1, 0.15) is 26.3 Å². The van der Waals surface area contributed by atoms with Crippen LogP contribution in [-0.2, 0) is 0 Å². The highest BCUT2D eigenvalue weighted by molar-refractivity contribution is 6.23. The van der Waals surface area contributed by atoms with Crippen molar-refractivity contribution < 1.29 is 14.0 Å². The van der Waals surface area contributed by atoms with E-state index in [2.05, 4.69) is 10.3 Å². The molecule has 29 heavy (non-hydrogen) atoms. The lowest BCUT2D eigenvalue weighted by molar-refractivity contribution is 0.0880. The summed E-state index contributed by atoms with van der Waals surface area (Å²) in [6.07, 6.45) is 0. The Morgan fingerprint density at radius 2 is 1.76 bits per heavy atom. The fraction of sp³-hybridized carbons (Fsp3) is 0.0476. The first-order valence-electron chi connectivity index (χ1n) is 8.81. The second-order valence-corrected chi connectivity index (χ2v) is 6.81. The van der Waals surface area contributed by atoms with Gasteiger partial charge in [-0.15, -0.1) is 0 Å². The van der Waals surface area contributed by atoms with Crippen molar-refractivity contribution in [3.63, 3.8) is 0 Å². The number of oxazole rings is 1. The molecule has 0 radical (unpaired) electrons. The number of anilines is 1. The number of carbonyl (C=O) groups excluding carboxylic acids is 2. The Balaban J connectivity index is 1.66. The third-order valence-corrected chi connectivity index (χ3v) is 4.88. The molecular weight excluding hydrogens is 372 g/mol. The first kappa shape index (κ1) is 16.9. The number of nitrogen functional groups attached to an aromatic ring is 1. The Kier molecular flexibility index (Phi) is 3.44. The Labute approximate surface area is 163 Å². The lowest BCUT2D eigenvalue weighted by atomic mass is 10.1. The Bertz CT molecular complexity index is 1400. The third kappa shape index (κ3) is 2.53. The van der Waals surface area contributed by atoms with Gasteiger partial charge >= 0.3 is 0 Å². The van der Waals surface area contributed by atoms with E-state index in [4.69, 9.17) is 10.2 Å². The zero-order chi connectivity index (χ0) is 20.3. The van der Waals surface area contributed by atoms with Gasteiger partial charge in [0, 0.05) is 11.6 Å². The SMILES string of the molecule is Cc1ccc(-c2nc3cc(-n4c(N)c5c(cc4=O)C(=O)NC5=O)ccc3o2)cc1. The smallest absolute Gasteiger partial charge is 0.262 e. The number of benzene rings is 2. The van der Waals surface area contributed by atoms with Crippen molar-refractivity contribution in [1.29, 1.82) is 0 Å². The van der Waals surface area contributed by atoms with Crippen LogP contribution in [0.3, 0.4) is 0 Å². The van der Waals surface area contributed by atoms with Crippen LogP contribution in [0.5, 0.6) is 0 Å². The third-order valence-electron chi connectivity index (χ3n) is 4.88. The van der Waals surface area contributed by atoms with Gasteiger partial charge in [0.15, 0.2) is 5.58 Å². The molecule has 8 nitrogen and oxygen atoms in total. The molecule has 142 valence electrons. The number of rotatable bonds is 2. The number of fused-ring (bicyclic) bond motifs is 2. The summed E-state index contributed by atoms with van der Waals surface area (Å²) in [5, 5.41) is 2.15. The molecule has 4 aromatic rings. The maximum Gasteiger partial charge on any atom is 0.262 e. The van der Waals surface area contributed by atoms with Crippen LogP contribution in [0.25, 0.3) is 28.2 Å². The molecule has 0 atom stereocenters. The number of nitrogens with one attached hydrogen (secondary N) is 1. The number of amides is 2. The van der Waals surface area contributed by atoms with Gasteiger partial charge in [-0.25, -0.2) is 4.98 Å². The maximum absolute atomic E-state index is 12.6. The van der Waals surface area contributed by atoms with E-state index in [0.29, 0.717) is 22.7 Å². The molecule has 0 fully saturated rings. The lowest BCUT2D eigenvalue weighted by Crippen LogP contribution is -2.24. The van der Waals surface area contributed by atoms with Gasteiger partial charge < -0.3 is 10.2 Å². The molecule has 0 bridgehead atoms. The van der Waals surface area contributed by atoms with Gasteiger partial charge in [-0.1, -0.05) is 17.7 Å². The van der Waals surface area contributed by atoms with Gasteiger partial charge in [0.05, 0.1) is 16.8 Å². The average molecular weight is 386 g/mol. The summed E-state index contributed by atoms with van der Waals surface area (Å²) in [7, 11) is 0. The molecule has 2 amide bonds. The number of hydrogen-bond acceptors (Lipinski definition) is 6. The number of nitrogens with two attached hydrogens (primary N) is 1. The van der Waals surface area contributed by atoms with E-state index in [1.807, 2.05) is 31.2 Å². The molecule has 0 spiro atoms. The second kappa shape index (κ2) is 5.90. The van der Waals surface area contributed by atoms with Crippen molar-refractivity contribution >= 4 is 28.7 Å². The molecule has 0 saturated heterocycles. The Morgan fingerprint density at radius 3 is 2.52 bits per heavy atom. The van der Waals surface area contributed by atoms with Crippen molar-refractivity contribution in [1.82, 2.24) is 14.9 Å². The number of pyridine rings is 1. The van der Waals surface area contributed by atoms with Gasteiger partial charge in [0.2, 0.25) is 5.89 Å². The summed E-state index contributed by atoms with van der Waals surface area (Å²) in [6, 6.07) is 13.8. The summed E-state index contributed by atoms with van der Waals surface area (Å²) >= 11 is 0. The fourth-order valence-corrected chi connectivity index (χ4v) is 3.42. The van der Waals surface area contributed by atoms with Crippen LogP contribution in [-0.4, -0.2) is 21.4 Å². The van der Waals surface area contributed by atoms with Gasteiger partial charge in [-0.2, -0.15) is 0 Å². The van der Waals surface area contributed by atoms with Crippen molar-refractivity contribution in [2.75, 3.05) is 5.73 Å². The van der Waals surface area contributed by atoms with Crippen LogP contribution >= 0.6 is 0 Å². The molecule has 8 heteroatoms. The molecule has 5 rings (SSSR count). The molecule has 2 aromatic carbocycles. The zero-order valence-electron chi connectivity index (χ0n) is 15.2. The highest BCUT2D eigenvalue weighted by Gasteiger charge is 2.31. The fourth-order valence-electron chi connectivity index (χ4n) is 3.42. The molecular formula is C21H14N4O4. The number of nitrogens with zero attached hydrogens (tertiary/aromatic N) is 2. The standard InChI is InChI=1S/C21H14N4O4/c1-10-2-4-11(5-3-10)21-23-14-8-12(6-7-15(14)29-21)25-16(26)9-13-17(18(25)22)20(28)24-19(13)27/h2-9H,22H2,1H3,(H,24,27,28). The molecule has 1 aliphatic rings. The molecule has 0 unspecified atom stereocenters. The van der Waals surface area contributed by atoms with Crippen molar-refractivity contribution in [3.8, 4) is 17.1 Å². The molecule has 1 aliphatic heterocycles. The summed E-state index contributed by atoms with van der Waals surface area (Å²) in [5.74, 6) is -0.898. The minimum absolute atomic E-state index is 0.00445. The monoisotopic (exact) mass is 386 g/mol.